The van der Waals surface area contributed by atoms with Crippen LogP contribution in [-0.4, -0.2) is 65.5 Å². The van der Waals surface area contributed by atoms with Gasteiger partial charge in [0.05, 0.1) is 12.6 Å². The molecule has 0 saturated carbocycles. The van der Waals surface area contributed by atoms with Gasteiger partial charge in [0.1, 0.15) is 17.8 Å². The van der Waals surface area contributed by atoms with Crippen LogP contribution in [0.1, 0.15) is 59.4 Å². The average molecular weight is 576 g/mol. The van der Waals surface area contributed by atoms with E-state index in [1.54, 1.807) is 32.9 Å². The van der Waals surface area contributed by atoms with E-state index in [0.717, 1.165) is 5.56 Å². The van der Waals surface area contributed by atoms with Gasteiger partial charge in [-0.15, -0.1) is 0 Å². The lowest BCUT2D eigenvalue weighted by molar-refractivity contribution is -0.137. The first-order valence-electron chi connectivity index (χ1n) is 13.8. The third-order valence-electron chi connectivity index (χ3n) is 6.09. The van der Waals surface area contributed by atoms with Crippen molar-refractivity contribution in [3.8, 4) is 5.75 Å². The summed E-state index contributed by atoms with van der Waals surface area (Å²) in [4.78, 5) is 62.6. The first kappa shape index (κ1) is 35.1. The Morgan fingerprint density at radius 3 is 2.12 bits per heavy atom. The number of phenols is 1. The fourth-order valence-corrected chi connectivity index (χ4v) is 3.95. The summed E-state index contributed by atoms with van der Waals surface area (Å²) in [5.74, 6) is -3.07. The normalized spacial score (nSPS) is 14.2. The lowest BCUT2D eigenvalue weighted by Gasteiger charge is -2.27. The van der Waals surface area contributed by atoms with E-state index in [1.807, 2.05) is 13.8 Å². The number of amides is 4. The maximum absolute atomic E-state index is 13.3. The summed E-state index contributed by atoms with van der Waals surface area (Å²) >= 11 is 0. The van der Waals surface area contributed by atoms with Crippen LogP contribution in [0.4, 0.5) is 0 Å². The van der Waals surface area contributed by atoms with Crippen LogP contribution in [0.5, 0.6) is 5.75 Å². The van der Waals surface area contributed by atoms with Crippen molar-refractivity contribution in [3.63, 3.8) is 0 Å². The molecule has 0 bridgehead atoms. The van der Waals surface area contributed by atoms with Crippen LogP contribution < -0.4 is 27.4 Å². The van der Waals surface area contributed by atoms with Crippen molar-refractivity contribution in [2.24, 2.45) is 23.3 Å². The second-order valence-corrected chi connectivity index (χ2v) is 10.6. The summed E-state index contributed by atoms with van der Waals surface area (Å²) in [5, 5.41) is 17.5. The zero-order chi connectivity index (χ0) is 31.1. The predicted octanol–water partition coefficient (Wildman–Crippen LogP) is 0.803. The molecule has 4 atom stereocenters. The molecule has 8 N–H and O–H groups in total. The molecule has 0 aromatic heterocycles. The smallest absolute Gasteiger partial charge is 0.330 e. The fraction of sp³-hybridized carbons (Fsp3) is 0.552. The van der Waals surface area contributed by atoms with Crippen molar-refractivity contribution in [3.05, 3.63) is 42.0 Å². The number of hydrogen-bond acceptors (Lipinski definition) is 8. The number of esters is 1. The maximum Gasteiger partial charge on any atom is 0.330 e. The van der Waals surface area contributed by atoms with Crippen molar-refractivity contribution < 1.29 is 33.8 Å². The highest BCUT2D eigenvalue weighted by Crippen LogP contribution is 2.12. The summed E-state index contributed by atoms with van der Waals surface area (Å²) in [6, 6.07) is 2.59. The molecule has 1 aromatic rings. The molecule has 4 amide bonds. The topological polar surface area (TPSA) is 203 Å². The van der Waals surface area contributed by atoms with Gasteiger partial charge in [0, 0.05) is 18.5 Å². The van der Waals surface area contributed by atoms with Crippen LogP contribution in [0.2, 0.25) is 0 Å². The molecule has 0 spiro atoms. The van der Waals surface area contributed by atoms with Crippen molar-refractivity contribution in [1.82, 2.24) is 16.0 Å². The van der Waals surface area contributed by atoms with Crippen LogP contribution in [0, 0.1) is 11.8 Å². The standard InChI is InChI=1S/C29H45N5O7/c1-6-41-25(37)14-9-20(15-17(2)3)32-28(39)23(12-13-24(31)36)33-29(40)26(18(4)5)34-27(38)22(30)16-19-7-10-21(35)11-8-19/h7-11,14,17-18,20,22-23,26,35H,6,12-13,15-16,30H2,1-5H3,(H2,31,36)(H,32,39)(H,33,40)(H,34,38)/b14-9+/t20-,22+,23+,26+/m1/s1. The Morgan fingerprint density at radius 2 is 1.59 bits per heavy atom. The second-order valence-electron chi connectivity index (χ2n) is 10.6. The average Bonchev–Trinajstić information content (AvgIpc) is 2.88. The largest absolute Gasteiger partial charge is 0.508 e. The molecule has 12 heteroatoms. The Kier molecular flexibility index (Phi) is 15.1. The number of carbonyl (C=O) groups is 5. The number of nitrogens with two attached hydrogens (primary N) is 2. The van der Waals surface area contributed by atoms with Gasteiger partial charge in [0.2, 0.25) is 23.6 Å². The highest BCUT2D eigenvalue weighted by atomic mass is 16.5. The van der Waals surface area contributed by atoms with Crippen LogP contribution in [0.15, 0.2) is 36.4 Å². The molecular weight excluding hydrogens is 530 g/mol. The minimum absolute atomic E-state index is 0.0674. The van der Waals surface area contributed by atoms with E-state index in [4.69, 9.17) is 16.2 Å². The number of primary amides is 1. The minimum atomic E-state index is -1.13. The molecular formula is C29H45N5O7. The van der Waals surface area contributed by atoms with Crippen LogP contribution >= 0.6 is 0 Å². The van der Waals surface area contributed by atoms with Crippen LogP contribution in [-0.2, 0) is 35.1 Å². The molecule has 0 aliphatic carbocycles. The number of hydrogen-bond donors (Lipinski definition) is 6. The lowest BCUT2D eigenvalue weighted by Crippen LogP contribution is -2.58. The van der Waals surface area contributed by atoms with E-state index in [9.17, 15) is 29.1 Å². The van der Waals surface area contributed by atoms with E-state index in [0.29, 0.717) is 6.42 Å². The van der Waals surface area contributed by atoms with Gasteiger partial charge in [-0.1, -0.05) is 45.9 Å². The molecule has 228 valence electrons. The Balaban J connectivity index is 3.01. The van der Waals surface area contributed by atoms with Gasteiger partial charge < -0.3 is 37.3 Å². The maximum atomic E-state index is 13.3. The number of aromatic hydroxyl groups is 1. The van der Waals surface area contributed by atoms with Gasteiger partial charge in [0.25, 0.3) is 0 Å². The molecule has 0 heterocycles. The van der Waals surface area contributed by atoms with Gasteiger partial charge in [-0.3, -0.25) is 19.2 Å². The summed E-state index contributed by atoms with van der Waals surface area (Å²) in [5.41, 5.74) is 12.1. The predicted molar refractivity (Wildman–Crippen MR) is 154 cm³/mol. The molecule has 1 rings (SSSR count). The summed E-state index contributed by atoms with van der Waals surface area (Å²) in [7, 11) is 0. The molecule has 0 fully saturated rings. The third kappa shape index (κ3) is 13.8. The fourth-order valence-electron chi connectivity index (χ4n) is 3.95. The Hall–Kier alpha value is -3.93. The van der Waals surface area contributed by atoms with Crippen molar-refractivity contribution in [1.29, 1.82) is 0 Å². The number of phenolic OH excluding ortho intramolecular Hbond substituents is 1. The van der Waals surface area contributed by atoms with Crippen LogP contribution in [0.3, 0.4) is 0 Å². The zero-order valence-electron chi connectivity index (χ0n) is 24.5. The minimum Gasteiger partial charge on any atom is -0.508 e. The van der Waals surface area contributed by atoms with Gasteiger partial charge in [-0.25, -0.2) is 4.79 Å². The molecule has 0 radical (unpaired) electrons. The van der Waals surface area contributed by atoms with Crippen molar-refractivity contribution in [2.45, 2.75) is 84.5 Å². The Bertz CT molecular complexity index is 1060. The molecule has 1 aromatic carbocycles. The highest BCUT2D eigenvalue weighted by molar-refractivity contribution is 5.93. The third-order valence-corrected chi connectivity index (χ3v) is 6.09. The zero-order valence-corrected chi connectivity index (χ0v) is 24.5. The quantitative estimate of drug-likeness (QED) is 0.116. The molecule has 12 nitrogen and oxygen atoms in total. The summed E-state index contributed by atoms with van der Waals surface area (Å²) in [6.07, 6.45) is 3.21. The van der Waals surface area contributed by atoms with E-state index in [2.05, 4.69) is 16.0 Å². The van der Waals surface area contributed by atoms with E-state index in [1.165, 1.54) is 24.3 Å². The van der Waals surface area contributed by atoms with Crippen molar-refractivity contribution >= 4 is 29.6 Å². The molecule has 0 aliphatic rings. The lowest BCUT2D eigenvalue weighted by atomic mass is 10.00. The van der Waals surface area contributed by atoms with Gasteiger partial charge in [-0.2, -0.15) is 0 Å². The first-order chi connectivity index (χ1) is 19.2. The second kappa shape index (κ2) is 17.7. The molecule has 0 aliphatic heterocycles. The first-order valence-corrected chi connectivity index (χ1v) is 13.8. The van der Waals surface area contributed by atoms with Gasteiger partial charge in [0.15, 0.2) is 0 Å². The SMILES string of the molecule is CCOC(=O)/C=C/[C@H](CC(C)C)NC(=O)[C@H](CCC(N)=O)NC(=O)[C@@H](NC(=O)[C@@H](N)Cc1ccc(O)cc1)C(C)C. The van der Waals surface area contributed by atoms with E-state index in [-0.39, 0.29) is 43.5 Å². The molecule has 0 saturated heterocycles. The Labute approximate surface area is 241 Å². The molecule has 0 unspecified atom stereocenters. The number of benzene rings is 1. The van der Waals surface area contributed by atoms with Gasteiger partial charge >= 0.3 is 5.97 Å². The number of rotatable bonds is 17. The van der Waals surface area contributed by atoms with E-state index >= 15 is 0 Å². The number of carbonyl (C=O) groups excluding carboxylic acids is 5. The number of ether oxygens (including phenoxy) is 1. The Morgan fingerprint density at radius 1 is 0.951 bits per heavy atom. The summed E-state index contributed by atoms with van der Waals surface area (Å²) in [6.45, 7) is 9.25. The number of nitrogens with one attached hydrogen (secondary N) is 3. The molecule has 41 heavy (non-hydrogen) atoms. The highest BCUT2D eigenvalue weighted by Gasteiger charge is 2.31. The monoisotopic (exact) mass is 575 g/mol. The summed E-state index contributed by atoms with van der Waals surface area (Å²) < 4.78 is 4.90. The van der Waals surface area contributed by atoms with Crippen LogP contribution in [0.25, 0.3) is 0 Å². The van der Waals surface area contributed by atoms with E-state index < -0.39 is 53.8 Å². The van der Waals surface area contributed by atoms with Gasteiger partial charge in [-0.05, 0) is 55.7 Å². The van der Waals surface area contributed by atoms with Crippen molar-refractivity contribution in [2.75, 3.05) is 6.61 Å².